The molecule has 0 saturated carbocycles. The van der Waals surface area contributed by atoms with E-state index < -0.39 is 10.4 Å². The largest absolute Gasteiger partial charge is 2.00 e. The van der Waals surface area contributed by atoms with Gasteiger partial charge in [0.15, 0.2) is 0 Å². The van der Waals surface area contributed by atoms with E-state index >= 15 is 0 Å². The maximum atomic E-state index is 10.2. The molecule has 0 aromatic carbocycles. The summed E-state index contributed by atoms with van der Waals surface area (Å²) < 4.78 is 33.0. The predicted molar refractivity (Wildman–Crippen MR) is 77.3 cm³/mol. The molecule has 108 valence electrons. The third-order valence-corrected chi connectivity index (χ3v) is 3.19. The minimum Gasteiger partial charge on any atom is -1.00 e. The first-order valence-electron chi connectivity index (χ1n) is 6.68. The van der Waals surface area contributed by atoms with Crippen molar-refractivity contribution >= 4 is 20.5 Å². The van der Waals surface area contributed by atoms with Crippen molar-refractivity contribution in [2.45, 2.75) is 71.1 Å². The first-order valence-corrected chi connectivity index (χ1v) is 8.04. The Morgan fingerprint density at radius 1 is 0.889 bits per heavy atom. The molecular formula is C12H28BeO4S. The van der Waals surface area contributed by atoms with Crippen LogP contribution in [0, 0.1) is 0 Å². The van der Waals surface area contributed by atoms with Gasteiger partial charge in [0, 0.05) is 0 Å². The molecule has 0 bridgehead atoms. The molecule has 0 unspecified atom stereocenters. The fraction of sp³-hybridized carbons (Fsp3) is 1.00. The summed E-state index contributed by atoms with van der Waals surface area (Å²) in [4.78, 5) is 0. The molecule has 0 aromatic rings. The molecule has 0 radical (unpaired) electrons. The molecule has 0 atom stereocenters. The van der Waals surface area contributed by atoms with Crippen LogP contribution < -0.4 is 0 Å². The van der Waals surface area contributed by atoms with Crippen molar-refractivity contribution in [1.82, 2.24) is 0 Å². The Bertz CT molecular complexity index is 264. The quantitative estimate of drug-likeness (QED) is 0.336. The maximum absolute atomic E-state index is 10.2. The zero-order valence-corrected chi connectivity index (χ0v) is 12.4. The average molecular weight is 277 g/mol. The number of rotatable bonds is 12. The number of hydrogen-bond acceptors (Lipinski definition) is 3. The summed E-state index contributed by atoms with van der Waals surface area (Å²) in [5.41, 5.74) is 0. The zero-order valence-electron chi connectivity index (χ0n) is 13.6. The predicted octanol–water partition coefficient (Wildman–Crippen LogP) is 3.57. The van der Waals surface area contributed by atoms with Crippen LogP contribution >= 0.6 is 0 Å². The molecule has 0 aliphatic carbocycles. The van der Waals surface area contributed by atoms with Gasteiger partial charge in [0.25, 0.3) is 0 Å². The van der Waals surface area contributed by atoms with Gasteiger partial charge in [-0.05, 0) is 6.42 Å². The van der Waals surface area contributed by atoms with Gasteiger partial charge in [-0.25, -0.2) is 4.18 Å². The number of unbranched alkanes of at least 4 members (excludes halogenated alkanes) is 9. The molecule has 0 aliphatic rings. The van der Waals surface area contributed by atoms with E-state index in [2.05, 4.69) is 11.1 Å². The Hall–Kier alpha value is 0.0388. The van der Waals surface area contributed by atoms with Gasteiger partial charge < -0.3 is 2.85 Å². The molecule has 0 saturated heterocycles. The van der Waals surface area contributed by atoms with Crippen LogP contribution in [0.2, 0.25) is 0 Å². The van der Waals surface area contributed by atoms with Crippen LogP contribution in [0.3, 0.4) is 0 Å². The van der Waals surface area contributed by atoms with E-state index in [4.69, 9.17) is 4.55 Å². The van der Waals surface area contributed by atoms with Gasteiger partial charge in [0.2, 0.25) is 0 Å². The second-order valence-electron chi connectivity index (χ2n) is 4.43. The summed E-state index contributed by atoms with van der Waals surface area (Å²) in [6.07, 6.45) is 11.9. The standard InChI is InChI=1S/C12H26O4S.Be.2H/c1-2-3-4-5-6-7-8-9-10-11-12-16-17(13,14)15;;;/h2-12H2,1H3,(H,13,14,15);;;/q;+2;2*-1. The second kappa shape index (κ2) is 13.5. The fourth-order valence-corrected chi connectivity index (χ4v) is 2.08. The van der Waals surface area contributed by atoms with Crippen molar-refractivity contribution in [3.8, 4) is 0 Å². The molecule has 4 nitrogen and oxygen atoms in total. The molecule has 1 N–H and O–H groups in total. The third kappa shape index (κ3) is 18.4. The van der Waals surface area contributed by atoms with Crippen LogP contribution in [-0.2, 0) is 14.6 Å². The van der Waals surface area contributed by atoms with E-state index in [0.29, 0.717) is 6.42 Å². The molecule has 0 heterocycles. The van der Waals surface area contributed by atoms with Crippen molar-refractivity contribution in [2.24, 2.45) is 0 Å². The smallest absolute Gasteiger partial charge is 1.00 e. The van der Waals surface area contributed by atoms with Crippen LogP contribution in [0.15, 0.2) is 0 Å². The van der Waals surface area contributed by atoms with Crippen molar-refractivity contribution in [1.29, 1.82) is 0 Å². The summed E-state index contributed by atoms with van der Waals surface area (Å²) in [6.45, 7) is 2.31. The summed E-state index contributed by atoms with van der Waals surface area (Å²) >= 11 is 0. The van der Waals surface area contributed by atoms with E-state index in [9.17, 15) is 8.42 Å². The normalized spacial score (nSPS) is 11.2. The van der Waals surface area contributed by atoms with Crippen LogP contribution in [-0.4, -0.2) is 29.7 Å². The van der Waals surface area contributed by atoms with Crippen molar-refractivity contribution < 1.29 is 20.0 Å². The first-order chi connectivity index (χ1) is 8.06. The van der Waals surface area contributed by atoms with Crippen LogP contribution in [0.1, 0.15) is 74.0 Å². The Morgan fingerprint density at radius 2 is 1.28 bits per heavy atom. The zero-order chi connectivity index (χ0) is 13.0. The Labute approximate surface area is 119 Å². The molecule has 0 spiro atoms. The monoisotopic (exact) mass is 277 g/mol. The first kappa shape index (κ1) is 20.4. The number of hydrogen-bond donors (Lipinski definition) is 1. The topological polar surface area (TPSA) is 63.6 Å². The minimum atomic E-state index is -4.23. The van der Waals surface area contributed by atoms with E-state index in [0.717, 1.165) is 12.8 Å². The van der Waals surface area contributed by atoms with Gasteiger partial charge >= 0.3 is 20.5 Å². The Morgan fingerprint density at radius 3 is 1.67 bits per heavy atom. The van der Waals surface area contributed by atoms with Crippen molar-refractivity contribution in [3.05, 3.63) is 0 Å². The summed E-state index contributed by atoms with van der Waals surface area (Å²) in [7, 11) is -4.23. The van der Waals surface area contributed by atoms with Gasteiger partial charge in [-0.1, -0.05) is 64.7 Å². The molecule has 6 heteroatoms. The third-order valence-electron chi connectivity index (χ3n) is 2.73. The molecule has 0 fully saturated rings. The van der Waals surface area contributed by atoms with E-state index in [-0.39, 0.29) is 19.6 Å². The average Bonchev–Trinajstić information content (AvgIpc) is 2.24. The van der Waals surface area contributed by atoms with Crippen LogP contribution in [0.5, 0.6) is 0 Å². The van der Waals surface area contributed by atoms with Gasteiger partial charge in [0.05, 0.1) is 6.61 Å². The van der Waals surface area contributed by atoms with Gasteiger partial charge in [-0.3, -0.25) is 4.55 Å². The van der Waals surface area contributed by atoms with Gasteiger partial charge in [-0.15, -0.1) is 0 Å². The molecule has 18 heavy (non-hydrogen) atoms. The van der Waals surface area contributed by atoms with E-state index in [1.165, 1.54) is 44.9 Å². The van der Waals surface area contributed by atoms with E-state index in [1.807, 2.05) is 0 Å². The van der Waals surface area contributed by atoms with Gasteiger partial charge in [-0.2, -0.15) is 8.42 Å². The summed E-state index contributed by atoms with van der Waals surface area (Å²) in [5, 5.41) is 0. The van der Waals surface area contributed by atoms with Crippen molar-refractivity contribution in [2.75, 3.05) is 6.61 Å². The molecular weight excluding hydrogens is 249 g/mol. The summed E-state index contributed by atoms with van der Waals surface area (Å²) in [6, 6.07) is 0. The SMILES string of the molecule is CCCCCCCCCCCCOS(=O)(=O)O.[Be+2].[H-].[H-]. The molecule has 0 rings (SSSR count). The van der Waals surface area contributed by atoms with E-state index in [1.54, 1.807) is 0 Å². The Balaban J connectivity index is -0.000000427. The second-order valence-corrected chi connectivity index (χ2v) is 5.52. The maximum Gasteiger partial charge on any atom is 2.00 e. The minimum absolute atomic E-state index is 0. The molecule has 0 amide bonds. The molecule has 0 aromatic heterocycles. The van der Waals surface area contributed by atoms with Crippen molar-refractivity contribution in [3.63, 3.8) is 0 Å². The van der Waals surface area contributed by atoms with Crippen LogP contribution in [0.25, 0.3) is 0 Å². The molecule has 0 aliphatic heterocycles. The summed E-state index contributed by atoms with van der Waals surface area (Å²) in [5.74, 6) is 0. The van der Waals surface area contributed by atoms with Gasteiger partial charge in [0.1, 0.15) is 0 Å². The van der Waals surface area contributed by atoms with Crippen LogP contribution in [0.4, 0.5) is 0 Å². The Kier molecular flexibility index (Phi) is 15.2. The fourth-order valence-electron chi connectivity index (χ4n) is 1.75.